The molecule has 4 rings (SSSR count). The van der Waals surface area contributed by atoms with E-state index in [2.05, 4.69) is 10.0 Å². The molecule has 2 aromatic carbocycles. The molecule has 0 saturated carbocycles. The number of para-hydroxylation sites is 1. The van der Waals surface area contributed by atoms with Gasteiger partial charge >= 0.3 is 0 Å². The second kappa shape index (κ2) is 8.77. The number of thiophene rings is 1. The van der Waals surface area contributed by atoms with Gasteiger partial charge in [0.2, 0.25) is 10.0 Å². The van der Waals surface area contributed by atoms with Gasteiger partial charge in [-0.05, 0) is 35.7 Å². The molecule has 0 saturated heterocycles. The first kappa shape index (κ1) is 20.9. The molecule has 156 valence electrons. The SMILES string of the molecule is O=C(NC1CCOc2c(Cl)cccc21)c1cccc(S(=O)(=O)NCc2cccs2)c1. The first-order valence-corrected chi connectivity index (χ1v) is 12.0. The Labute approximate surface area is 183 Å². The quantitative estimate of drug-likeness (QED) is 0.576. The van der Waals surface area contributed by atoms with Crippen molar-refractivity contribution in [2.75, 3.05) is 6.61 Å². The summed E-state index contributed by atoms with van der Waals surface area (Å²) in [5, 5.41) is 5.34. The molecule has 0 fully saturated rings. The molecule has 0 bridgehead atoms. The number of nitrogens with one attached hydrogen (secondary N) is 2. The Morgan fingerprint density at radius 2 is 2.00 bits per heavy atom. The van der Waals surface area contributed by atoms with Gasteiger partial charge in [0.05, 0.1) is 22.6 Å². The van der Waals surface area contributed by atoms with E-state index in [0.29, 0.717) is 23.8 Å². The number of sulfonamides is 1. The molecule has 0 radical (unpaired) electrons. The predicted octanol–water partition coefficient (Wildman–Crippen LogP) is 4.13. The third kappa shape index (κ3) is 4.52. The zero-order chi connectivity index (χ0) is 21.1. The highest BCUT2D eigenvalue weighted by atomic mass is 35.5. The summed E-state index contributed by atoms with van der Waals surface area (Å²) in [5.74, 6) is 0.216. The van der Waals surface area contributed by atoms with Crippen molar-refractivity contribution in [2.24, 2.45) is 0 Å². The highest BCUT2D eigenvalue weighted by Crippen LogP contribution is 2.37. The summed E-state index contributed by atoms with van der Waals surface area (Å²) >= 11 is 7.66. The minimum absolute atomic E-state index is 0.0436. The van der Waals surface area contributed by atoms with Crippen LogP contribution in [0.1, 0.15) is 33.3 Å². The van der Waals surface area contributed by atoms with E-state index >= 15 is 0 Å². The van der Waals surface area contributed by atoms with Crippen LogP contribution in [0.25, 0.3) is 0 Å². The van der Waals surface area contributed by atoms with E-state index in [0.717, 1.165) is 10.4 Å². The molecule has 1 unspecified atom stereocenters. The average molecular weight is 463 g/mol. The zero-order valence-corrected chi connectivity index (χ0v) is 18.2. The zero-order valence-electron chi connectivity index (χ0n) is 15.8. The Hall–Kier alpha value is -2.39. The Bertz CT molecular complexity index is 1160. The molecule has 9 heteroatoms. The molecule has 0 aliphatic carbocycles. The largest absolute Gasteiger partial charge is 0.492 e. The highest BCUT2D eigenvalue weighted by Gasteiger charge is 2.25. The molecule has 1 aromatic heterocycles. The maximum Gasteiger partial charge on any atom is 0.251 e. The molecule has 1 amide bonds. The molecule has 2 heterocycles. The van der Waals surface area contributed by atoms with Crippen molar-refractivity contribution >= 4 is 38.9 Å². The molecule has 6 nitrogen and oxygen atoms in total. The number of carbonyl (C=O) groups is 1. The van der Waals surface area contributed by atoms with Gasteiger partial charge in [-0.1, -0.05) is 35.9 Å². The molecule has 30 heavy (non-hydrogen) atoms. The number of fused-ring (bicyclic) bond motifs is 1. The molecular formula is C21H19ClN2O4S2. The molecular weight excluding hydrogens is 444 g/mol. The van der Waals surface area contributed by atoms with Crippen LogP contribution in [-0.4, -0.2) is 20.9 Å². The van der Waals surface area contributed by atoms with E-state index in [1.807, 2.05) is 29.6 Å². The number of amides is 1. The van der Waals surface area contributed by atoms with E-state index in [9.17, 15) is 13.2 Å². The smallest absolute Gasteiger partial charge is 0.251 e. The Kier molecular flexibility index (Phi) is 6.10. The van der Waals surface area contributed by atoms with E-state index in [4.69, 9.17) is 16.3 Å². The molecule has 0 spiro atoms. The summed E-state index contributed by atoms with van der Waals surface area (Å²) in [6.07, 6.45) is 0.597. The van der Waals surface area contributed by atoms with E-state index in [-0.39, 0.29) is 29.0 Å². The van der Waals surface area contributed by atoms with Gasteiger partial charge < -0.3 is 10.1 Å². The van der Waals surface area contributed by atoms with Crippen LogP contribution in [-0.2, 0) is 16.6 Å². The van der Waals surface area contributed by atoms with Crippen molar-refractivity contribution in [1.29, 1.82) is 0 Å². The number of rotatable bonds is 6. The summed E-state index contributed by atoms with van der Waals surface area (Å²) in [5.41, 5.74) is 1.08. The molecule has 1 aliphatic heterocycles. The van der Waals surface area contributed by atoms with Gasteiger partial charge in [0.1, 0.15) is 5.75 Å². The minimum atomic E-state index is -3.74. The van der Waals surface area contributed by atoms with E-state index in [1.54, 1.807) is 18.2 Å². The number of halogens is 1. The standard InChI is InChI=1S/C21H19ClN2O4S2/c22-18-8-2-7-17-19(9-10-28-20(17)18)24-21(25)14-4-1-6-16(12-14)30(26,27)23-13-15-5-3-11-29-15/h1-8,11-12,19,23H,9-10,13H2,(H,24,25). The number of ether oxygens (including phenoxy) is 1. The first-order chi connectivity index (χ1) is 14.4. The van der Waals surface area contributed by atoms with Gasteiger partial charge in [0.25, 0.3) is 5.91 Å². The lowest BCUT2D eigenvalue weighted by Gasteiger charge is -2.27. The second-order valence-electron chi connectivity index (χ2n) is 6.75. The lowest BCUT2D eigenvalue weighted by Crippen LogP contribution is -2.32. The van der Waals surface area contributed by atoms with Crippen LogP contribution in [0, 0.1) is 0 Å². The molecule has 1 atom stereocenters. The highest BCUT2D eigenvalue weighted by molar-refractivity contribution is 7.89. The van der Waals surface area contributed by atoms with Crippen LogP contribution in [0.2, 0.25) is 5.02 Å². The summed E-state index contributed by atoms with van der Waals surface area (Å²) in [6, 6.07) is 14.9. The topological polar surface area (TPSA) is 84.5 Å². The van der Waals surface area contributed by atoms with Crippen molar-refractivity contribution in [2.45, 2.75) is 23.9 Å². The second-order valence-corrected chi connectivity index (χ2v) is 9.96. The van der Waals surface area contributed by atoms with Crippen LogP contribution in [0.5, 0.6) is 5.75 Å². The summed E-state index contributed by atoms with van der Waals surface area (Å²) < 4.78 is 33.4. The number of carbonyl (C=O) groups excluding carboxylic acids is 1. The van der Waals surface area contributed by atoms with Crippen molar-refractivity contribution in [3.05, 3.63) is 81.0 Å². The van der Waals surface area contributed by atoms with Crippen LogP contribution < -0.4 is 14.8 Å². The minimum Gasteiger partial charge on any atom is -0.492 e. The van der Waals surface area contributed by atoms with Crippen molar-refractivity contribution < 1.29 is 17.9 Å². The fourth-order valence-corrected chi connectivity index (χ4v) is 5.27. The normalized spacial score (nSPS) is 15.8. The van der Waals surface area contributed by atoms with Gasteiger partial charge in [-0.25, -0.2) is 13.1 Å². The lowest BCUT2D eigenvalue weighted by atomic mass is 10.00. The Morgan fingerprint density at radius 1 is 1.17 bits per heavy atom. The number of hydrogen-bond acceptors (Lipinski definition) is 5. The van der Waals surface area contributed by atoms with Gasteiger partial charge in [-0.15, -0.1) is 11.3 Å². The van der Waals surface area contributed by atoms with Crippen molar-refractivity contribution in [1.82, 2.24) is 10.0 Å². The van der Waals surface area contributed by atoms with E-state index < -0.39 is 10.0 Å². The van der Waals surface area contributed by atoms with Gasteiger partial charge in [-0.2, -0.15) is 0 Å². The van der Waals surface area contributed by atoms with E-state index in [1.165, 1.54) is 23.5 Å². The van der Waals surface area contributed by atoms with Crippen molar-refractivity contribution in [3.63, 3.8) is 0 Å². The monoisotopic (exact) mass is 462 g/mol. The first-order valence-electron chi connectivity index (χ1n) is 9.28. The molecule has 3 aromatic rings. The maximum atomic E-state index is 12.8. The Morgan fingerprint density at radius 3 is 2.80 bits per heavy atom. The fourth-order valence-electron chi connectivity index (χ4n) is 3.25. The Balaban J connectivity index is 1.50. The predicted molar refractivity (Wildman–Crippen MR) is 117 cm³/mol. The average Bonchev–Trinajstić information content (AvgIpc) is 3.27. The van der Waals surface area contributed by atoms with Gasteiger partial charge in [0, 0.05) is 29.0 Å². The summed E-state index contributed by atoms with van der Waals surface area (Å²) in [7, 11) is -3.74. The molecule has 2 N–H and O–H groups in total. The summed E-state index contributed by atoms with van der Waals surface area (Å²) in [6.45, 7) is 0.638. The third-order valence-corrected chi connectivity index (χ3v) is 7.33. The summed E-state index contributed by atoms with van der Waals surface area (Å²) in [4.78, 5) is 13.8. The third-order valence-electron chi connectivity index (χ3n) is 4.75. The van der Waals surface area contributed by atoms with Gasteiger partial charge in [0.15, 0.2) is 0 Å². The van der Waals surface area contributed by atoms with Crippen LogP contribution in [0.15, 0.2) is 64.9 Å². The maximum absolute atomic E-state index is 12.8. The number of benzene rings is 2. The van der Waals surface area contributed by atoms with Gasteiger partial charge in [-0.3, -0.25) is 4.79 Å². The molecule has 1 aliphatic rings. The van der Waals surface area contributed by atoms with Crippen LogP contribution in [0.3, 0.4) is 0 Å². The fraction of sp³-hybridized carbons (Fsp3) is 0.190. The van der Waals surface area contributed by atoms with Crippen LogP contribution in [0.4, 0.5) is 0 Å². The lowest BCUT2D eigenvalue weighted by molar-refractivity contribution is 0.0924. The number of hydrogen-bond donors (Lipinski definition) is 2. The van der Waals surface area contributed by atoms with Crippen molar-refractivity contribution in [3.8, 4) is 5.75 Å². The van der Waals surface area contributed by atoms with Crippen LogP contribution >= 0.6 is 22.9 Å².